The first-order valence-electron chi connectivity index (χ1n) is 6.32. The van der Waals surface area contributed by atoms with Gasteiger partial charge in [0.2, 0.25) is 17.8 Å². The first kappa shape index (κ1) is 13.6. The second-order valence-electron chi connectivity index (χ2n) is 4.69. The third-order valence-electron chi connectivity index (χ3n) is 3.08. The zero-order valence-electron chi connectivity index (χ0n) is 11.1. The van der Waals surface area contributed by atoms with E-state index in [9.17, 15) is 9.59 Å². The highest BCUT2D eigenvalue weighted by atomic mass is 35.5. The van der Waals surface area contributed by atoms with E-state index in [0.717, 1.165) is 0 Å². The number of hydrogen-bond donors (Lipinski definition) is 2. The van der Waals surface area contributed by atoms with E-state index in [1.165, 1.54) is 4.68 Å². The van der Waals surface area contributed by atoms with Crippen LogP contribution in [0.2, 0.25) is 5.02 Å². The summed E-state index contributed by atoms with van der Waals surface area (Å²) in [4.78, 5) is 28.1. The molecule has 0 unspecified atom stereocenters. The lowest BCUT2D eigenvalue weighted by Crippen LogP contribution is -2.36. The van der Waals surface area contributed by atoms with Gasteiger partial charge in [-0.25, -0.2) is 4.68 Å². The summed E-state index contributed by atoms with van der Waals surface area (Å²) in [7, 11) is 0. The molecule has 2 amide bonds. The highest BCUT2D eigenvalue weighted by molar-refractivity contribution is 6.30. The number of rotatable bonds is 2. The third-order valence-corrected chi connectivity index (χ3v) is 3.33. The molecule has 8 heteroatoms. The number of carbonyl (C=O) groups excluding carboxylic acids is 2. The van der Waals surface area contributed by atoms with Crippen molar-refractivity contribution in [2.24, 2.45) is 0 Å². The van der Waals surface area contributed by atoms with Gasteiger partial charge in [0, 0.05) is 10.7 Å². The Labute approximate surface area is 125 Å². The highest BCUT2D eigenvalue weighted by Crippen LogP contribution is 2.24. The fourth-order valence-electron chi connectivity index (χ4n) is 2.13. The number of halogens is 1. The van der Waals surface area contributed by atoms with Crippen LogP contribution in [-0.4, -0.2) is 26.6 Å². The minimum atomic E-state index is -0.717. The fourth-order valence-corrected chi connectivity index (χ4v) is 2.26. The Morgan fingerprint density at radius 2 is 2.14 bits per heavy atom. The number of amides is 2. The molecule has 1 aromatic carbocycles. The third kappa shape index (κ3) is 2.73. The molecule has 0 saturated carbocycles. The zero-order chi connectivity index (χ0) is 15.0. The Morgan fingerprint density at radius 1 is 1.43 bits per heavy atom. The molecule has 0 radical (unpaired) electrons. The van der Waals surface area contributed by atoms with Crippen LogP contribution >= 0.6 is 11.6 Å². The summed E-state index contributed by atoms with van der Waals surface area (Å²) in [5.74, 6) is 0.209. The van der Waals surface area contributed by atoms with Crippen molar-refractivity contribution >= 4 is 35.1 Å². The smallest absolute Gasteiger partial charge is 0.249 e. The molecule has 21 heavy (non-hydrogen) atoms. The van der Waals surface area contributed by atoms with Gasteiger partial charge >= 0.3 is 0 Å². The molecule has 0 saturated heterocycles. The standard InChI is InChI=1S/C13H12ClN5O2/c1-7-15-13-17-11(20)6-10(19(13)18-7)12(21)16-9-4-2-8(14)3-5-9/h2-5,10H,6H2,1H3,(H,16,21)(H,15,17,18,20)/t10-/m1/s1. The number of anilines is 2. The molecule has 2 aromatic rings. The Balaban J connectivity index is 1.84. The average molecular weight is 306 g/mol. The van der Waals surface area contributed by atoms with Crippen LogP contribution in [0.15, 0.2) is 24.3 Å². The minimum absolute atomic E-state index is 0.0230. The summed E-state index contributed by atoms with van der Waals surface area (Å²) in [6.07, 6.45) is 0.0230. The second-order valence-corrected chi connectivity index (χ2v) is 5.13. The summed E-state index contributed by atoms with van der Waals surface area (Å²) in [6, 6.07) is 6.02. The van der Waals surface area contributed by atoms with Crippen LogP contribution in [-0.2, 0) is 9.59 Å². The van der Waals surface area contributed by atoms with Crippen molar-refractivity contribution in [1.29, 1.82) is 0 Å². The van der Waals surface area contributed by atoms with E-state index in [1.807, 2.05) is 0 Å². The molecule has 0 fully saturated rings. The number of carbonyl (C=O) groups is 2. The van der Waals surface area contributed by atoms with E-state index < -0.39 is 6.04 Å². The molecule has 0 spiro atoms. The van der Waals surface area contributed by atoms with Crippen LogP contribution in [0.5, 0.6) is 0 Å². The molecule has 1 aliphatic rings. The Kier molecular flexibility index (Phi) is 3.34. The molecule has 1 aliphatic heterocycles. The maximum absolute atomic E-state index is 12.4. The van der Waals surface area contributed by atoms with E-state index in [2.05, 4.69) is 20.7 Å². The van der Waals surface area contributed by atoms with Gasteiger partial charge in [0.25, 0.3) is 0 Å². The quantitative estimate of drug-likeness (QED) is 0.885. The first-order chi connectivity index (χ1) is 10.0. The predicted octanol–water partition coefficient (Wildman–Crippen LogP) is 1.76. The minimum Gasteiger partial charge on any atom is -0.324 e. The number of nitrogens with one attached hydrogen (secondary N) is 2. The van der Waals surface area contributed by atoms with Crippen LogP contribution < -0.4 is 10.6 Å². The Morgan fingerprint density at radius 3 is 2.86 bits per heavy atom. The zero-order valence-corrected chi connectivity index (χ0v) is 11.9. The monoisotopic (exact) mass is 305 g/mol. The lowest BCUT2D eigenvalue weighted by atomic mass is 10.1. The molecule has 2 heterocycles. The number of hydrogen-bond acceptors (Lipinski definition) is 4. The molecule has 0 bridgehead atoms. The average Bonchev–Trinajstić information content (AvgIpc) is 2.80. The Hall–Kier alpha value is -2.41. The van der Waals surface area contributed by atoms with Crippen LogP contribution in [0.1, 0.15) is 18.3 Å². The van der Waals surface area contributed by atoms with Crippen LogP contribution in [0.3, 0.4) is 0 Å². The number of aryl methyl sites for hydroxylation is 1. The number of fused-ring (bicyclic) bond motifs is 1. The predicted molar refractivity (Wildman–Crippen MR) is 77.1 cm³/mol. The van der Waals surface area contributed by atoms with E-state index in [4.69, 9.17) is 11.6 Å². The molecule has 0 aliphatic carbocycles. The van der Waals surface area contributed by atoms with Crippen molar-refractivity contribution in [3.63, 3.8) is 0 Å². The van der Waals surface area contributed by atoms with E-state index in [1.54, 1.807) is 31.2 Å². The lowest BCUT2D eigenvalue weighted by Gasteiger charge is -2.22. The van der Waals surface area contributed by atoms with Gasteiger partial charge in [-0.1, -0.05) is 11.6 Å². The molecule has 7 nitrogen and oxygen atoms in total. The normalized spacial score (nSPS) is 17.0. The second kappa shape index (κ2) is 5.17. The van der Waals surface area contributed by atoms with Crippen LogP contribution in [0, 0.1) is 6.92 Å². The SMILES string of the molecule is Cc1nc2n(n1)[C@@H](C(=O)Nc1ccc(Cl)cc1)CC(=O)N2. The summed E-state index contributed by atoms with van der Waals surface area (Å²) < 4.78 is 1.43. The summed E-state index contributed by atoms with van der Waals surface area (Å²) >= 11 is 5.80. The molecule has 1 aromatic heterocycles. The molecule has 2 N–H and O–H groups in total. The molecule has 1 atom stereocenters. The van der Waals surface area contributed by atoms with Crippen LogP contribution in [0.4, 0.5) is 11.6 Å². The molecular formula is C13H12ClN5O2. The van der Waals surface area contributed by atoms with Crippen molar-refractivity contribution in [1.82, 2.24) is 14.8 Å². The highest BCUT2D eigenvalue weighted by Gasteiger charge is 2.32. The Bertz CT molecular complexity index is 710. The van der Waals surface area contributed by atoms with Gasteiger partial charge in [-0.05, 0) is 31.2 Å². The van der Waals surface area contributed by atoms with Crippen molar-refractivity contribution in [2.45, 2.75) is 19.4 Å². The fraction of sp³-hybridized carbons (Fsp3) is 0.231. The van der Waals surface area contributed by atoms with Gasteiger partial charge in [0.15, 0.2) is 0 Å². The number of benzene rings is 1. The van der Waals surface area contributed by atoms with Crippen molar-refractivity contribution in [3.05, 3.63) is 35.1 Å². The van der Waals surface area contributed by atoms with Gasteiger partial charge < -0.3 is 5.32 Å². The lowest BCUT2D eigenvalue weighted by molar-refractivity contribution is -0.125. The van der Waals surface area contributed by atoms with Crippen molar-refractivity contribution in [2.75, 3.05) is 10.6 Å². The van der Waals surface area contributed by atoms with Gasteiger partial charge in [-0.15, -0.1) is 0 Å². The van der Waals surface area contributed by atoms with Gasteiger partial charge in [-0.3, -0.25) is 14.9 Å². The summed E-state index contributed by atoms with van der Waals surface area (Å²) in [6.45, 7) is 1.70. The largest absolute Gasteiger partial charge is 0.324 e. The van der Waals surface area contributed by atoms with Crippen LogP contribution in [0.25, 0.3) is 0 Å². The van der Waals surface area contributed by atoms with Crippen molar-refractivity contribution < 1.29 is 9.59 Å². The maximum atomic E-state index is 12.4. The number of aromatic nitrogens is 3. The first-order valence-corrected chi connectivity index (χ1v) is 6.70. The number of nitrogens with zero attached hydrogens (tertiary/aromatic N) is 3. The topological polar surface area (TPSA) is 88.9 Å². The summed E-state index contributed by atoms with van der Waals surface area (Å²) in [5, 5.41) is 10.1. The van der Waals surface area contributed by atoms with Gasteiger partial charge in [0.1, 0.15) is 11.9 Å². The van der Waals surface area contributed by atoms with E-state index in [0.29, 0.717) is 22.5 Å². The van der Waals surface area contributed by atoms with Crippen molar-refractivity contribution in [3.8, 4) is 0 Å². The maximum Gasteiger partial charge on any atom is 0.249 e. The molecule has 108 valence electrons. The summed E-state index contributed by atoms with van der Waals surface area (Å²) in [5.41, 5.74) is 0.605. The van der Waals surface area contributed by atoms with E-state index in [-0.39, 0.29) is 18.2 Å². The van der Waals surface area contributed by atoms with Gasteiger partial charge in [-0.2, -0.15) is 10.1 Å². The van der Waals surface area contributed by atoms with Gasteiger partial charge in [0.05, 0.1) is 6.42 Å². The van der Waals surface area contributed by atoms with E-state index >= 15 is 0 Å². The molecule has 3 rings (SSSR count). The molecular weight excluding hydrogens is 294 g/mol.